The van der Waals surface area contributed by atoms with Crippen molar-refractivity contribution in [3.63, 3.8) is 0 Å². The summed E-state index contributed by atoms with van der Waals surface area (Å²) < 4.78 is 29.0. The first-order valence-corrected chi connectivity index (χ1v) is 7.17. The van der Waals surface area contributed by atoms with Gasteiger partial charge in [0.25, 0.3) is 0 Å². The lowest BCUT2D eigenvalue weighted by Crippen LogP contribution is -2.17. The summed E-state index contributed by atoms with van der Waals surface area (Å²) in [6.07, 6.45) is 1.02. The van der Waals surface area contributed by atoms with Crippen LogP contribution in [0, 0.1) is 0 Å². The number of hydrogen-bond acceptors (Lipinski definition) is 4. The first-order valence-electron chi connectivity index (χ1n) is 4.94. The van der Waals surface area contributed by atoms with E-state index >= 15 is 0 Å². The van der Waals surface area contributed by atoms with Crippen LogP contribution in [0.4, 0.5) is 0 Å². The van der Waals surface area contributed by atoms with Crippen molar-refractivity contribution < 1.29 is 17.9 Å². The number of benzene rings is 1. The van der Waals surface area contributed by atoms with E-state index < -0.39 is 16.0 Å². The highest BCUT2D eigenvalue weighted by molar-refractivity contribution is 7.89. The zero-order valence-corrected chi connectivity index (χ0v) is 11.2. The summed E-state index contributed by atoms with van der Waals surface area (Å²) in [5.74, 6) is -0.715. The van der Waals surface area contributed by atoms with Gasteiger partial charge in [-0.25, -0.2) is 17.2 Å². The number of methoxy groups -OCH3 is 1. The van der Waals surface area contributed by atoms with Gasteiger partial charge in [0.1, 0.15) is 5.69 Å². The molecule has 1 aromatic carbocycles. The Labute approximate surface area is 109 Å². The van der Waals surface area contributed by atoms with E-state index in [0.29, 0.717) is 15.9 Å². The monoisotopic (exact) mass is 287 g/mol. The van der Waals surface area contributed by atoms with Gasteiger partial charge in [0.05, 0.1) is 18.9 Å². The predicted octanol–water partition coefficient (Wildman–Crippen LogP) is 1.89. The molecule has 0 aliphatic carbocycles. The summed E-state index contributed by atoms with van der Waals surface area (Å²) in [5.41, 5.74) is 0.347. The smallest absolute Gasteiger partial charge is 0.355 e. The van der Waals surface area contributed by atoms with E-state index in [1.165, 1.54) is 13.2 Å². The topological polar surface area (TPSA) is 65.4 Å². The summed E-state index contributed by atoms with van der Waals surface area (Å²) >= 11 is 5.83. The number of halogens is 1. The molecule has 0 unspecified atom stereocenters. The molecule has 1 heterocycles. The Morgan fingerprint density at radius 3 is 2.56 bits per heavy atom. The van der Waals surface area contributed by atoms with E-state index in [1.54, 1.807) is 18.2 Å². The lowest BCUT2D eigenvalue weighted by Gasteiger charge is -2.06. The molecule has 5 nitrogen and oxygen atoms in total. The molecule has 1 aromatic heterocycles. The van der Waals surface area contributed by atoms with Gasteiger partial charge in [-0.2, -0.15) is 0 Å². The fraction of sp³-hybridized carbons (Fsp3) is 0.182. The molecule has 0 spiro atoms. The molecular weight excluding hydrogens is 278 g/mol. The van der Waals surface area contributed by atoms with Crippen molar-refractivity contribution in [2.75, 3.05) is 13.4 Å². The molecule has 0 saturated heterocycles. The molecule has 0 aliphatic heterocycles. The number of fused-ring (bicyclic) bond motifs is 1. The Morgan fingerprint density at radius 2 is 2.00 bits per heavy atom. The third-order valence-electron chi connectivity index (χ3n) is 2.45. The number of esters is 1. The van der Waals surface area contributed by atoms with Gasteiger partial charge >= 0.3 is 5.97 Å². The Kier molecular flexibility index (Phi) is 3.08. The molecule has 0 aliphatic rings. The summed E-state index contributed by atoms with van der Waals surface area (Å²) in [5, 5.41) is 1.03. The van der Waals surface area contributed by atoms with Crippen LogP contribution in [-0.4, -0.2) is 31.7 Å². The second-order valence-electron chi connectivity index (χ2n) is 3.75. The van der Waals surface area contributed by atoms with Gasteiger partial charge in [-0.15, -0.1) is 0 Å². The molecule has 18 heavy (non-hydrogen) atoms. The van der Waals surface area contributed by atoms with Gasteiger partial charge in [-0.1, -0.05) is 11.6 Å². The number of ether oxygens (including phenoxy) is 1. The quantitative estimate of drug-likeness (QED) is 0.791. The SMILES string of the molecule is COC(=O)c1cc2cc(Cl)ccc2n1S(C)(=O)=O. The van der Waals surface area contributed by atoms with Crippen LogP contribution >= 0.6 is 11.6 Å². The first kappa shape index (κ1) is 12.9. The van der Waals surface area contributed by atoms with Crippen molar-refractivity contribution in [2.45, 2.75) is 0 Å². The highest BCUT2D eigenvalue weighted by Gasteiger charge is 2.21. The molecule has 0 bridgehead atoms. The number of aromatic nitrogens is 1. The Balaban J connectivity index is 2.89. The van der Waals surface area contributed by atoms with E-state index in [0.717, 1.165) is 10.2 Å². The average molecular weight is 288 g/mol. The van der Waals surface area contributed by atoms with Crippen molar-refractivity contribution in [2.24, 2.45) is 0 Å². The molecule has 0 saturated carbocycles. The standard InChI is InChI=1S/C11H10ClNO4S/c1-17-11(14)10-6-7-5-8(12)3-4-9(7)13(10)18(2,15)16/h3-6H,1-2H3. The van der Waals surface area contributed by atoms with Crippen molar-refractivity contribution in [1.29, 1.82) is 0 Å². The molecule has 0 fully saturated rings. The van der Waals surface area contributed by atoms with Gasteiger partial charge in [-0.3, -0.25) is 0 Å². The summed E-state index contributed by atoms with van der Waals surface area (Å²) in [6, 6.07) is 6.14. The van der Waals surface area contributed by atoms with Gasteiger partial charge < -0.3 is 4.74 Å². The number of hydrogen-bond donors (Lipinski definition) is 0. The second kappa shape index (κ2) is 4.29. The number of carbonyl (C=O) groups is 1. The molecule has 0 atom stereocenters. The lowest BCUT2D eigenvalue weighted by molar-refractivity contribution is 0.0593. The number of nitrogens with zero attached hydrogens (tertiary/aromatic N) is 1. The van der Waals surface area contributed by atoms with Gasteiger partial charge in [-0.05, 0) is 24.3 Å². The number of carbonyl (C=O) groups excluding carboxylic acids is 1. The van der Waals surface area contributed by atoms with Crippen LogP contribution in [0.5, 0.6) is 0 Å². The van der Waals surface area contributed by atoms with Crippen molar-refractivity contribution in [3.05, 3.63) is 35.0 Å². The number of rotatable bonds is 2. The first-order chi connectivity index (χ1) is 8.34. The van der Waals surface area contributed by atoms with Crippen molar-refractivity contribution >= 4 is 38.5 Å². The summed E-state index contributed by atoms with van der Waals surface area (Å²) in [6.45, 7) is 0. The lowest BCUT2D eigenvalue weighted by atomic mass is 10.2. The van der Waals surface area contributed by atoms with Crippen LogP contribution in [0.3, 0.4) is 0 Å². The van der Waals surface area contributed by atoms with Crippen LogP contribution in [0.2, 0.25) is 5.02 Å². The molecular formula is C11H10ClNO4S. The van der Waals surface area contributed by atoms with Crippen LogP contribution in [0.1, 0.15) is 10.5 Å². The molecule has 7 heteroatoms. The average Bonchev–Trinajstić information content (AvgIpc) is 2.65. The van der Waals surface area contributed by atoms with E-state index in [2.05, 4.69) is 4.74 Å². The Morgan fingerprint density at radius 1 is 1.33 bits per heavy atom. The molecule has 96 valence electrons. The maximum absolute atomic E-state index is 11.8. The zero-order chi connectivity index (χ0) is 13.5. The minimum absolute atomic E-state index is 0.0442. The van der Waals surface area contributed by atoms with Crippen LogP contribution < -0.4 is 0 Å². The molecule has 0 radical (unpaired) electrons. The summed E-state index contributed by atoms with van der Waals surface area (Å²) in [7, 11) is -2.42. The third-order valence-corrected chi connectivity index (χ3v) is 3.74. The predicted molar refractivity (Wildman–Crippen MR) is 68.5 cm³/mol. The van der Waals surface area contributed by atoms with E-state index in [-0.39, 0.29) is 5.69 Å². The Bertz CT molecular complexity index is 733. The van der Waals surface area contributed by atoms with Gasteiger partial charge in [0.15, 0.2) is 0 Å². The maximum Gasteiger partial charge on any atom is 0.355 e. The molecule has 2 aromatic rings. The minimum atomic E-state index is -3.61. The van der Waals surface area contributed by atoms with Crippen LogP contribution in [-0.2, 0) is 14.8 Å². The highest BCUT2D eigenvalue weighted by atomic mass is 35.5. The van der Waals surface area contributed by atoms with E-state index in [1.807, 2.05) is 0 Å². The van der Waals surface area contributed by atoms with E-state index in [4.69, 9.17) is 11.6 Å². The van der Waals surface area contributed by atoms with Crippen LogP contribution in [0.15, 0.2) is 24.3 Å². The minimum Gasteiger partial charge on any atom is -0.464 e. The molecule has 0 N–H and O–H groups in total. The Hall–Kier alpha value is -1.53. The fourth-order valence-electron chi connectivity index (χ4n) is 1.77. The largest absolute Gasteiger partial charge is 0.464 e. The van der Waals surface area contributed by atoms with Gasteiger partial charge in [0, 0.05) is 10.4 Å². The van der Waals surface area contributed by atoms with Crippen LogP contribution in [0.25, 0.3) is 10.9 Å². The maximum atomic E-state index is 11.8. The van der Waals surface area contributed by atoms with Crippen molar-refractivity contribution in [1.82, 2.24) is 3.97 Å². The van der Waals surface area contributed by atoms with Gasteiger partial charge in [0.2, 0.25) is 10.0 Å². The van der Waals surface area contributed by atoms with E-state index in [9.17, 15) is 13.2 Å². The fourth-order valence-corrected chi connectivity index (χ4v) is 2.95. The molecule has 2 rings (SSSR count). The zero-order valence-electron chi connectivity index (χ0n) is 9.68. The second-order valence-corrected chi connectivity index (χ2v) is 6.02. The van der Waals surface area contributed by atoms with Crippen molar-refractivity contribution in [3.8, 4) is 0 Å². The molecule has 0 amide bonds. The summed E-state index contributed by atoms with van der Waals surface area (Å²) in [4.78, 5) is 11.6. The normalized spacial score (nSPS) is 11.7. The highest BCUT2D eigenvalue weighted by Crippen LogP contribution is 2.25. The third kappa shape index (κ3) is 2.09.